The van der Waals surface area contributed by atoms with Crippen molar-refractivity contribution in [2.45, 2.75) is 17.8 Å². The molecule has 3 aromatic heterocycles. The Morgan fingerprint density at radius 3 is 3.10 bits per heavy atom. The van der Waals surface area contributed by atoms with E-state index in [2.05, 4.69) is 19.7 Å². The number of pyridine rings is 1. The summed E-state index contributed by atoms with van der Waals surface area (Å²) in [5.74, 6) is 0.257. The molecule has 7 heteroatoms. The van der Waals surface area contributed by atoms with Gasteiger partial charge in [0.2, 0.25) is 0 Å². The third-order valence-corrected chi connectivity index (χ3v) is 3.88. The highest BCUT2D eigenvalue weighted by molar-refractivity contribution is 7.98. The summed E-state index contributed by atoms with van der Waals surface area (Å²) in [5, 5.41) is 0.670. The van der Waals surface area contributed by atoms with E-state index in [1.165, 1.54) is 30.6 Å². The number of H-pyrrole nitrogens is 1. The number of carbonyl (C=O) groups is 1. The molecular weight excluding hydrogens is 288 g/mol. The second-order valence-electron chi connectivity index (χ2n) is 4.59. The van der Waals surface area contributed by atoms with E-state index >= 15 is 0 Å². The average Bonchev–Trinajstić information content (AvgIpc) is 3.10. The smallest absolute Gasteiger partial charge is 0.356 e. The molecule has 0 unspecified atom stereocenters. The minimum Gasteiger partial charge on any atom is -0.464 e. The zero-order valence-electron chi connectivity index (χ0n) is 11.7. The van der Waals surface area contributed by atoms with Crippen molar-refractivity contribution in [3.63, 3.8) is 0 Å². The van der Waals surface area contributed by atoms with Crippen LogP contribution in [0.5, 0.6) is 0 Å². The molecule has 0 aliphatic heterocycles. The minimum atomic E-state index is -0.419. The number of thioether (sulfide) groups is 1. The molecule has 1 N–H and O–H groups in total. The number of imidazole rings is 2. The number of fused-ring (bicyclic) bond motifs is 1. The molecule has 3 rings (SSSR count). The molecule has 0 aliphatic carbocycles. The number of aromatic nitrogens is 4. The van der Waals surface area contributed by atoms with Crippen LogP contribution in [0.15, 0.2) is 35.9 Å². The summed E-state index contributed by atoms with van der Waals surface area (Å²) in [6.07, 6.45) is 5.51. The van der Waals surface area contributed by atoms with E-state index in [-0.39, 0.29) is 0 Å². The van der Waals surface area contributed by atoms with Crippen LogP contribution >= 0.6 is 11.8 Å². The van der Waals surface area contributed by atoms with Gasteiger partial charge in [-0.15, -0.1) is 0 Å². The second kappa shape index (κ2) is 5.61. The van der Waals surface area contributed by atoms with Crippen molar-refractivity contribution in [3.05, 3.63) is 47.7 Å². The quantitative estimate of drug-likeness (QED) is 0.592. The minimum absolute atomic E-state index is 0.352. The van der Waals surface area contributed by atoms with Crippen LogP contribution in [0.4, 0.5) is 0 Å². The number of esters is 1. The van der Waals surface area contributed by atoms with Crippen LogP contribution in [0.3, 0.4) is 0 Å². The lowest BCUT2D eigenvalue weighted by Crippen LogP contribution is -2.00. The third kappa shape index (κ3) is 2.92. The van der Waals surface area contributed by atoms with Gasteiger partial charge in [-0.1, -0.05) is 17.8 Å². The van der Waals surface area contributed by atoms with E-state index in [4.69, 9.17) is 0 Å². The van der Waals surface area contributed by atoms with Crippen LogP contribution in [0.25, 0.3) is 5.65 Å². The fourth-order valence-electron chi connectivity index (χ4n) is 1.96. The Kier molecular flexibility index (Phi) is 3.66. The fraction of sp³-hybridized carbons (Fsp3) is 0.214. The first-order valence-electron chi connectivity index (χ1n) is 6.36. The highest BCUT2D eigenvalue weighted by Crippen LogP contribution is 2.20. The molecule has 0 fully saturated rings. The van der Waals surface area contributed by atoms with Crippen LogP contribution in [-0.4, -0.2) is 32.4 Å². The molecule has 0 saturated heterocycles. The van der Waals surface area contributed by atoms with Gasteiger partial charge in [0, 0.05) is 18.1 Å². The predicted molar refractivity (Wildman–Crippen MR) is 79.4 cm³/mol. The molecule has 21 heavy (non-hydrogen) atoms. The second-order valence-corrected chi connectivity index (χ2v) is 5.55. The van der Waals surface area contributed by atoms with Crippen molar-refractivity contribution in [1.29, 1.82) is 0 Å². The molecule has 6 nitrogen and oxygen atoms in total. The lowest BCUT2D eigenvalue weighted by atomic mass is 10.3. The SMILES string of the molecule is COC(=O)c1cnc(SCc2cn3cc(C)ccc3n2)[nH]1. The average molecular weight is 302 g/mol. The van der Waals surface area contributed by atoms with Crippen molar-refractivity contribution >= 4 is 23.4 Å². The van der Waals surface area contributed by atoms with Gasteiger partial charge in [-0.25, -0.2) is 14.8 Å². The number of methoxy groups -OCH3 is 1. The van der Waals surface area contributed by atoms with Crippen LogP contribution in [0.2, 0.25) is 0 Å². The molecule has 0 atom stereocenters. The molecule has 3 heterocycles. The number of ether oxygens (including phenoxy) is 1. The number of aryl methyl sites for hydroxylation is 1. The lowest BCUT2D eigenvalue weighted by Gasteiger charge is -1.94. The summed E-state index contributed by atoms with van der Waals surface area (Å²) in [7, 11) is 1.34. The molecule has 0 amide bonds. The number of nitrogens with zero attached hydrogens (tertiary/aromatic N) is 3. The number of aromatic amines is 1. The molecule has 0 saturated carbocycles. The third-order valence-electron chi connectivity index (χ3n) is 2.96. The first kappa shape index (κ1) is 13.7. The van der Waals surface area contributed by atoms with Crippen LogP contribution in [0, 0.1) is 6.92 Å². The Labute approximate surface area is 125 Å². The first-order valence-corrected chi connectivity index (χ1v) is 7.34. The zero-order chi connectivity index (χ0) is 14.8. The number of rotatable bonds is 4. The summed E-state index contributed by atoms with van der Waals surface area (Å²) >= 11 is 1.49. The van der Waals surface area contributed by atoms with Crippen molar-refractivity contribution in [3.8, 4) is 0 Å². The summed E-state index contributed by atoms with van der Waals surface area (Å²) in [6, 6.07) is 4.03. The monoisotopic (exact) mass is 302 g/mol. The topological polar surface area (TPSA) is 72.3 Å². The van der Waals surface area contributed by atoms with Gasteiger partial charge in [0.25, 0.3) is 0 Å². The molecule has 108 valence electrons. The maximum atomic E-state index is 11.3. The Morgan fingerprint density at radius 1 is 1.43 bits per heavy atom. The van der Waals surface area contributed by atoms with Crippen molar-refractivity contribution < 1.29 is 9.53 Å². The van der Waals surface area contributed by atoms with E-state index in [9.17, 15) is 4.79 Å². The Balaban J connectivity index is 1.71. The highest BCUT2D eigenvalue weighted by atomic mass is 32.2. The molecule has 0 spiro atoms. The fourth-order valence-corrected chi connectivity index (χ4v) is 2.69. The molecule has 0 bridgehead atoms. The lowest BCUT2D eigenvalue weighted by molar-refractivity contribution is 0.0594. The Bertz CT molecular complexity index is 793. The number of carbonyl (C=O) groups excluding carboxylic acids is 1. The summed E-state index contributed by atoms with van der Waals surface area (Å²) in [6.45, 7) is 2.05. The highest BCUT2D eigenvalue weighted by Gasteiger charge is 2.10. The van der Waals surface area contributed by atoms with Gasteiger partial charge in [-0.05, 0) is 18.6 Å². The van der Waals surface area contributed by atoms with E-state index in [1.54, 1.807) is 0 Å². The Morgan fingerprint density at radius 2 is 2.29 bits per heavy atom. The molecule has 0 aliphatic rings. The predicted octanol–water partition coefficient (Wildman–Crippen LogP) is 2.44. The maximum absolute atomic E-state index is 11.3. The van der Waals surface area contributed by atoms with Gasteiger partial charge in [0.1, 0.15) is 11.3 Å². The number of nitrogens with one attached hydrogen (secondary N) is 1. The summed E-state index contributed by atoms with van der Waals surface area (Å²) in [4.78, 5) is 22.9. The summed E-state index contributed by atoms with van der Waals surface area (Å²) < 4.78 is 6.64. The standard InChI is InChI=1S/C14H14N4O2S/c1-9-3-4-12-16-10(7-18(12)6-9)8-21-14-15-5-11(17-14)13(19)20-2/h3-7H,8H2,1-2H3,(H,15,17). The first-order chi connectivity index (χ1) is 10.2. The van der Waals surface area contributed by atoms with Crippen molar-refractivity contribution in [1.82, 2.24) is 19.4 Å². The van der Waals surface area contributed by atoms with Gasteiger partial charge in [-0.3, -0.25) is 0 Å². The van der Waals surface area contributed by atoms with Gasteiger partial charge >= 0.3 is 5.97 Å². The summed E-state index contributed by atoms with van der Waals surface area (Å²) in [5.41, 5.74) is 3.42. The van der Waals surface area contributed by atoms with Gasteiger partial charge in [0.15, 0.2) is 5.16 Å². The van der Waals surface area contributed by atoms with E-state index < -0.39 is 5.97 Å². The van der Waals surface area contributed by atoms with E-state index in [0.717, 1.165) is 11.3 Å². The Hall–Kier alpha value is -2.28. The van der Waals surface area contributed by atoms with Gasteiger partial charge in [0.05, 0.1) is 19.0 Å². The molecular formula is C14H14N4O2S. The van der Waals surface area contributed by atoms with Crippen LogP contribution in [-0.2, 0) is 10.5 Å². The number of hydrogen-bond donors (Lipinski definition) is 1. The maximum Gasteiger partial charge on any atom is 0.356 e. The van der Waals surface area contributed by atoms with Gasteiger partial charge < -0.3 is 14.1 Å². The molecule has 0 radical (unpaired) electrons. The normalized spacial score (nSPS) is 11.0. The zero-order valence-corrected chi connectivity index (χ0v) is 12.5. The van der Waals surface area contributed by atoms with Crippen LogP contribution in [0.1, 0.15) is 21.7 Å². The van der Waals surface area contributed by atoms with Crippen molar-refractivity contribution in [2.24, 2.45) is 0 Å². The van der Waals surface area contributed by atoms with Crippen molar-refractivity contribution in [2.75, 3.05) is 7.11 Å². The van der Waals surface area contributed by atoms with Gasteiger partial charge in [-0.2, -0.15) is 0 Å². The largest absolute Gasteiger partial charge is 0.464 e. The van der Waals surface area contributed by atoms with E-state index in [1.807, 2.05) is 35.9 Å². The molecule has 3 aromatic rings. The number of hydrogen-bond acceptors (Lipinski definition) is 5. The molecule has 0 aromatic carbocycles. The van der Waals surface area contributed by atoms with E-state index in [0.29, 0.717) is 16.6 Å². The van der Waals surface area contributed by atoms with Crippen LogP contribution < -0.4 is 0 Å².